The maximum atomic E-state index is 16.2. The highest BCUT2D eigenvalue weighted by molar-refractivity contribution is 7.22. The zero-order valence-corrected chi connectivity index (χ0v) is 19.5. The third kappa shape index (κ3) is 3.63. The van der Waals surface area contributed by atoms with Crippen molar-refractivity contribution in [3.05, 3.63) is 108 Å². The van der Waals surface area contributed by atoms with Crippen LogP contribution < -0.4 is 0 Å². The molecule has 33 heavy (non-hydrogen) atoms. The Morgan fingerprint density at radius 2 is 1.06 bits per heavy atom. The van der Waals surface area contributed by atoms with Gasteiger partial charge in [-0.05, 0) is 66.2 Å². The quantitative estimate of drug-likeness (QED) is 0.260. The van der Waals surface area contributed by atoms with Gasteiger partial charge in [0.25, 0.3) is 0 Å². The molecule has 0 bridgehead atoms. The van der Waals surface area contributed by atoms with E-state index in [1.54, 1.807) is 41.7 Å². The molecule has 0 spiro atoms. The van der Waals surface area contributed by atoms with Crippen molar-refractivity contribution in [3.8, 4) is 21.1 Å². The maximum absolute atomic E-state index is 16.2. The van der Waals surface area contributed by atoms with E-state index in [0.717, 1.165) is 21.1 Å². The number of aromatic nitrogens is 2. The molecule has 0 saturated heterocycles. The highest BCUT2D eigenvalue weighted by Gasteiger charge is 2.32. The summed E-state index contributed by atoms with van der Waals surface area (Å²) in [5.41, 5.74) is 0.452. The molecule has 0 unspecified atom stereocenters. The maximum Gasteiger partial charge on any atom is 0.191 e. The van der Waals surface area contributed by atoms with Gasteiger partial charge < -0.3 is 0 Å². The SMILES string of the molecule is CC(F)(c1cccc(-c2cc3ccccc3s2)n1)c1cccc(-c2cc3ccccc3s2)n1. The van der Waals surface area contributed by atoms with Crippen LogP contribution in [0.5, 0.6) is 0 Å². The molecule has 0 amide bonds. The molecule has 2 aromatic carbocycles. The Bertz CT molecular complexity index is 1430. The molecule has 0 aliphatic rings. The molecular weight excluding hydrogens is 447 g/mol. The van der Waals surface area contributed by atoms with Gasteiger partial charge in [0, 0.05) is 9.40 Å². The van der Waals surface area contributed by atoms with E-state index in [9.17, 15) is 0 Å². The lowest BCUT2D eigenvalue weighted by Gasteiger charge is -2.20. The number of nitrogens with zero attached hydrogens (tertiary/aromatic N) is 2. The smallest absolute Gasteiger partial charge is 0.191 e. The van der Waals surface area contributed by atoms with Crippen LogP contribution in [0.25, 0.3) is 41.3 Å². The third-order valence-corrected chi connectivity index (χ3v) is 8.09. The summed E-state index contributed by atoms with van der Waals surface area (Å²) in [5, 5.41) is 2.34. The summed E-state index contributed by atoms with van der Waals surface area (Å²) in [4.78, 5) is 11.5. The second kappa shape index (κ2) is 7.87. The monoisotopic (exact) mass is 466 g/mol. The van der Waals surface area contributed by atoms with Crippen molar-refractivity contribution >= 4 is 42.8 Å². The fourth-order valence-electron chi connectivity index (χ4n) is 4.01. The first-order chi connectivity index (χ1) is 16.1. The van der Waals surface area contributed by atoms with E-state index in [1.807, 2.05) is 48.5 Å². The van der Waals surface area contributed by atoms with Crippen LogP contribution in [0.2, 0.25) is 0 Å². The van der Waals surface area contributed by atoms with Gasteiger partial charge in [0.05, 0.1) is 32.5 Å². The van der Waals surface area contributed by atoms with Gasteiger partial charge in [-0.25, -0.2) is 14.4 Å². The van der Waals surface area contributed by atoms with Crippen molar-refractivity contribution in [2.24, 2.45) is 0 Å². The van der Waals surface area contributed by atoms with Crippen molar-refractivity contribution in [2.45, 2.75) is 12.6 Å². The van der Waals surface area contributed by atoms with Gasteiger partial charge >= 0.3 is 0 Å². The van der Waals surface area contributed by atoms with E-state index in [2.05, 4.69) is 36.4 Å². The van der Waals surface area contributed by atoms with Gasteiger partial charge in [0.2, 0.25) is 0 Å². The molecule has 5 heteroatoms. The van der Waals surface area contributed by atoms with Crippen molar-refractivity contribution in [1.29, 1.82) is 0 Å². The Balaban J connectivity index is 1.39. The Labute approximate surface area is 199 Å². The van der Waals surface area contributed by atoms with E-state index in [4.69, 9.17) is 9.97 Å². The molecule has 0 saturated carbocycles. The minimum atomic E-state index is -1.82. The van der Waals surface area contributed by atoms with Gasteiger partial charge in [0.1, 0.15) is 0 Å². The van der Waals surface area contributed by atoms with Crippen LogP contribution in [0, 0.1) is 0 Å². The van der Waals surface area contributed by atoms with Crippen LogP contribution in [-0.2, 0) is 5.67 Å². The largest absolute Gasteiger partial charge is 0.248 e. The Morgan fingerprint density at radius 1 is 0.606 bits per heavy atom. The molecular formula is C28H19FN2S2. The molecule has 0 aliphatic carbocycles. The summed E-state index contributed by atoms with van der Waals surface area (Å²) >= 11 is 3.34. The number of pyridine rings is 2. The fourth-order valence-corrected chi connectivity index (χ4v) is 6.08. The summed E-state index contributed by atoms with van der Waals surface area (Å²) in [6.45, 7) is 1.54. The summed E-state index contributed by atoms with van der Waals surface area (Å²) < 4.78 is 18.6. The minimum Gasteiger partial charge on any atom is -0.248 e. The van der Waals surface area contributed by atoms with E-state index >= 15 is 4.39 Å². The van der Waals surface area contributed by atoms with Gasteiger partial charge in [-0.15, -0.1) is 22.7 Å². The summed E-state index contributed by atoms with van der Waals surface area (Å²) in [5.74, 6) is 0. The van der Waals surface area contributed by atoms with Crippen LogP contribution in [0.4, 0.5) is 4.39 Å². The molecule has 0 aliphatic heterocycles. The molecule has 6 rings (SSSR count). The lowest BCUT2D eigenvalue weighted by molar-refractivity contribution is 0.237. The molecule has 0 N–H and O–H groups in total. The first-order valence-electron chi connectivity index (χ1n) is 10.7. The first kappa shape index (κ1) is 20.2. The number of benzene rings is 2. The minimum absolute atomic E-state index is 0.360. The van der Waals surface area contributed by atoms with E-state index in [1.165, 1.54) is 20.2 Å². The lowest BCUT2D eigenvalue weighted by atomic mass is 9.98. The van der Waals surface area contributed by atoms with Crippen LogP contribution >= 0.6 is 22.7 Å². The predicted molar refractivity (Wildman–Crippen MR) is 138 cm³/mol. The standard InChI is InChI=1S/C28H19FN2S2/c1-28(29,26-14-6-10-20(30-26)24-16-18-8-2-4-12-22(18)32-24)27-15-7-11-21(31-27)25-17-19-9-3-5-13-23(19)33-25/h2-17H,1H3. The summed E-state index contributed by atoms with van der Waals surface area (Å²) in [6.07, 6.45) is 0. The van der Waals surface area contributed by atoms with Crippen molar-refractivity contribution in [3.63, 3.8) is 0 Å². The molecule has 0 fully saturated rings. The Morgan fingerprint density at radius 3 is 1.52 bits per heavy atom. The van der Waals surface area contributed by atoms with Crippen molar-refractivity contribution in [1.82, 2.24) is 9.97 Å². The molecule has 0 radical (unpaired) electrons. The Hall–Kier alpha value is -3.41. The third-order valence-electron chi connectivity index (χ3n) is 5.82. The van der Waals surface area contributed by atoms with Gasteiger partial charge in [-0.3, -0.25) is 0 Å². The average molecular weight is 467 g/mol. The van der Waals surface area contributed by atoms with Gasteiger partial charge in [-0.2, -0.15) is 0 Å². The molecule has 0 atom stereocenters. The first-order valence-corrected chi connectivity index (χ1v) is 12.3. The zero-order valence-electron chi connectivity index (χ0n) is 17.8. The highest BCUT2D eigenvalue weighted by Crippen LogP contribution is 2.38. The number of alkyl halides is 1. The fraction of sp³-hybridized carbons (Fsp3) is 0.0714. The predicted octanol–water partition coefficient (Wildman–Crippen LogP) is 8.47. The molecule has 4 aromatic heterocycles. The van der Waals surface area contributed by atoms with Crippen LogP contribution in [-0.4, -0.2) is 9.97 Å². The number of hydrogen-bond acceptors (Lipinski definition) is 4. The van der Waals surface area contributed by atoms with Gasteiger partial charge in [0.15, 0.2) is 5.67 Å². The van der Waals surface area contributed by atoms with Crippen molar-refractivity contribution < 1.29 is 4.39 Å². The molecule has 2 nitrogen and oxygen atoms in total. The molecule has 6 aromatic rings. The van der Waals surface area contributed by atoms with Crippen LogP contribution in [0.15, 0.2) is 97.1 Å². The van der Waals surface area contributed by atoms with Crippen LogP contribution in [0.1, 0.15) is 18.3 Å². The molecule has 160 valence electrons. The second-order valence-electron chi connectivity index (χ2n) is 8.12. The molecule has 4 heterocycles. The van der Waals surface area contributed by atoms with E-state index < -0.39 is 5.67 Å². The number of fused-ring (bicyclic) bond motifs is 2. The average Bonchev–Trinajstić information content (AvgIpc) is 3.49. The van der Waals surface area contributed by atoms with Gasteiger partial charge in [-0.1, -0.05) is 48.5 Å². The number of hydrogen-bond donors (Lipinski definition) is 0. The number of halogens is 1. The van der Waals surface area contributed by atoms with E-state index in [0.29, 0.717) is 11.4 Å². The normalized spacial score (nSPS) is 11.9. The topological polar surface area (TPSA) is 25.8 Å². The number of thiophene rings is 2. The van der Waals surface area contributed by atoms with Crippen molar-refractivity contribution in [2.75, 3.05) is 0 Å². The van der Waals surface area contributed by atoms with E-state index in [-0.39, 0.29) is 0 Å². The lowest BCUT2D eigenvalue weighted by Crippen LogP contribution is -2.20. The van der Waals surface area contributed by atoms with Crippen LogP contribution in [0.3, 0.4) is 0 Å². The Kier molecular flexibility index (Phi) is 4.82. The second-order valence-corrected chi connectivity index (χ2v) is 10.3. The zero-order chi connectivity index (χ0) is 22.4. The summed E-state index contributed by atoms with van der Waals surface area (Å²) in [6, 6.07) is 31.8. The highest BCUT2D eigenvalue weighted by atomic mass is 32.1. The number of rotatable bonds is 4. The summed E-state index contributed by atoms with van der Waals surface area (Å²) in [7, 11) is 0.